The first-order chi connectivity index (χ1) is 13.3. The third kappa shape index (κ3) is 2.73. The van der Waals surface area contributed by atoms with Crippen LogP contribution in [0.2, 0.25) is 10.0 Å². The molecule has 4 rings (SSSR count). The predicted octanol–water partition coefficient (Wildman–Crippen LogP) is 3.50. The van der Waals surface area contributed by atoms with Crippen LogP contribution in [0, 0.1) is 23.0 Å². The molecule has 0 saturated carbocycles. The maximum Gasteiger partial charge on any atom is 0.278 e. The molecule has 2 aliphatic heterocycles. The van der Waals surface area contributed by atoms with Gasteiger partial charge >= 0.3 is 0 Å². The molecule has 2 amide bonds. The van der Waals surface area contributed by atoms with Gasteiger partial charge < -0.3 is 4.84 Å². The Balaban J connectivity index is 1.75. The normalized spacial score (nSPS) is 20.8. The van der Waals surface area contributed by atoms with Gasteiger partial charge in [0.15, 0.2) is 0 Å². The summed E-state index contributed by atoms with van der Waals surface area (Å²) in [6, 6.07) is 8.66. The van der Waals surface area contributed by atoms with E-state index in [-0.39, 0.29) is 22.1 Å². The van der Waals surface area contributed by atoms with Gasteiger partial charge in [0, 0.05) is 22.7 Å². The Bertz CT molecular complexity index is 1080. The molecule has 2 aromatic carbocycles. The van der Waals surface area contributed by atoms with Crippen molar-refractivity contribution in [3.05, 3.63) is 67.7 Å². The van der Waals surface area contributed by atoms with E-state index in [1.165, 1.54) is 24.3 Å². The summed E-state index contributed by atoms with van der Waals surface area (Å²) in [6.07, 6.45) is -1.15. The molecule has 1 fully saturated rings. The molecule has 142 valence electrons. The van der Waals surface area contributed by atoms with Gasteiger partial charge in [0.05, 0.1) is 15.6 Å². The third-order valence-corrected chi connectivity index (χ3v) is 5.21. The van der Waals surface area contributed by atoms with Gasteiger partial charge in [0.25, 0.3) is 11.6 Å². The van der Waals surface area contributed by atoms with Crippen molar-refractivity contribution < 1.29 is 19.3 Å². The number of benzene rings is 2. The highest BCUT2D eigenvalue weighted by Crippen LogP contribution is 2.38. The number of aryl methyl sites for hydroxylation is 1. The van der Waals surface area contributed by atoms with Gasteiger partial charge in [-0.25, -0.2) is 4.90 Å². The summed E-state index contributed by atoms with van der Waals surface area (Å²) in [7, 11) is 0. The Morgan fingerprint density at radius 1 is 1.14 bits per heavy atom. The molecule has 0 radical (unpaired) electrons. The van der Waals surface area contributed by atoms with E-state index in [0.717, 1.165) is 4.90 Å². The summed E-state index contributed by atoms with van der Waals surface area (Å²) in [5.74, 6) is -2.21. The summed E-state index contributed by atoms with van der Waals surface area (Å²) in [6.45, 7) is 1.65. The molecule has 0 unspecified atom stereocenters. The van der Waals surface area contributed by atoms with Crippen LogP contribution in [0.25, 0.3) is 0 Å². The predicted molar refractivity (Wildman–Crippen MR) is 102 cm³/mol. The first-order valence-corrected chi connectivity index (χ1v) is 8.87. The van der Waals surface area contributed by atoms with Crippen molar-refractivity contribution in [2.24, 2.45) is 11.1 Å². The van der Waals surface area contributed by atoms with E-state index in [2.05, 4.69) is 5.16 Å². The molecule has 0 aliphatic carbocycles. The molecule has 2 aliphatic rings. The van der Waals surface area contributed by atoms with E-state index in [1.54, 1.807) is 19.1 Å². The van der Waals surface area contributed by atoms with Crippen LogP contribution in [-0.4, -0.2) is 28.6 Å². The van der Waals surface area contributed by atoms with Crippen LogP contribution in [0.4, 0.5) is 11.4 Å². The van der Waals surface area contributed by atoms with Crippen LogP contribution in [0.3, 0.4) is 0 Å². The quantitative estimate of drug-likeness (QED) is 0.430. The number of oxime groups is 1. The Kier molecular flexibility index (Phi) is 4.32. The maximum absolute atomic E-state index is 13.1. The highest BCUT2D eigenvalue weighted by atomic mass is 35.5. The molecule has 2 aromatic rings. The van der Waals surface area contributed by atoms with E-state index in [9.17, 15) is 19.7 Å². The summed E-state index contributed by atoms with van der Waals surface area (Å²) >= 11 is 12.1. The minimum atomic E-state index is -1.15. The number of hydrogen-bond acceptors (Lipinski definition) is 6. The SMILES string of the molecule is Cc1ccc([N+](=O)[O-])cc1N1C(=O)[C@@H]2C(c3ccc(Cl)cc3Cl)=NO[C@H]2C1=O. The number of fused-ring (bicyclic) bond motifs is 1. The molecular weight excluding hydrogens is 409 g/mol. The van der Waals surface area contributed by atoms with Crippen LogP contribution >= 0.6 is 23.2 Å². The number of nitro benzene ring substituents is 1. The number of rotatable bonds is 3. The lowest BCUT2D eigenvalue weighted by Gasteiger charge is -2.17. The molecule has 2 atom stereocenters. The maximum atomic E-state index is 13.1. The second-order valence-electron chi connectivity index (χ2n) is 6.34. The molecule has 2 heterocycles. The number of carbonyl (C=O) groups excluding carboxylic acids is 2. The van der Waals surface area contributed by atoms with Crippen LogP contribution in [0.15, 0.2) is 41.6 Å². The average molecular weight is 420 g/mol. The smallest absolute Gasteiger partial charge is 0.278 e. The Morgan fingerprint density at radius 3 is 2.57 bits per heavy atom. The van der Waals surface area contributed by atoms with Crippen LogP contribution < -0.4 is 4.90 Å². The second kappa shape index (κ2) is 6.57. The number of hydrogen-bond donors (Lipinski definition) is 0. The van der Waals surface area contributed by atoms with Crippen LogP contribution in [0.1, 0.15) is 11.1 Å². The van der Waals surface area contributed by atoms with E-state index >= 15 is 0 Å². The molecule has 0 aromatic heterocycles. The topological polar surface area (TPSA) is 102 Å². The number of amides is 2. The van der Waals surface area contributed by atoms with E-state index < -0.39 is 28.8 Å². The van der Waals surface area contributed by atoms with Crippen molar-refractivity contribution in [2.75, 3.05) is 4.90 Å². The molecule has 0 spiro atoms. The van der Waals surface area contributed by atoms with Crippen molar-refractivity contribution >= 4 is 52.1 Å². The summed E-state index contributed by atoms with van der Waals surface area (Å²) in [5, 5.41) is 15.7. The van der Waals surface area contributed by atoms with Gasteiger partial charge in [-0.05, 0) is 24.6 Å². The minimum absolute atomic E-state index is 0.142. The Labute approximate surface area is 168 Å². The number of anilines is 1. The van der Waals surface area contributed by atoms with Gasteiger partial charge in [-0.2, -0.15) is 0 Å². The fourth-order valence-corrected chi connectivity index (χ4v) is 3.79. The fraction of sp³-hybridized carbons (Fsp3) is 0.167. The van der Waals surface area contributed by atoms with Gasteiger partial charge in [0.2, 0.25) is 12.0 Å². The number of imide groups is 1. The lowest BCUT2D eigenvalue weighted by molar-refractivity contribution is -0.384. The lowest BCUT2D eigenvalue weighted by Crippen LogP contribution is -2.33. The van der Waals surface area contributed by atoms with Crippen molar-refractivity contribution in [3.63, 3.8) is 0 Å². The minimum Gasteiger partial charge on any atom is -0.381 e. The molecule has 28 heavy (non-hydrogen) atoms. The standard InChI is InChI=1S/C18H11Cl2N3O5/c1-8-2-4-10(23(26)27)7-13(8)22-17(24)14-15(21-28-16(14)18(22)25)11-5-3-9(19)6-12(11)20/h2-7,14,16H,1H3/t14-,16-/m1/s1. The molecule has 0 bridgehead atoms. The average Bonchev–Trinajstić information content (AvgIpc) is 3.16. The lowest BCUT2D eigenvalue weighted by atomic mass is 9.94. The van der Waals surface area contributed by atoms with E-state index in [0.29, 0.717) is 16.1 Å². The van der Waals surface area contributed by atoms with Gasteiger partial charge in [0.1, 0.15) is 11.6 Å². The van der Waals surface area contributed by atoms with Crippen LogP contribution in [-0.2, 0) is 14.4 Å². The second-order valence-corrected chi connectivity index (χ2v) is 7.19. The fourth-order valence-electron chi connectivity index (χ4n) is 3.29. The molecule has 10 heteroatoms. The zero-order valence-corrected chi connectivity index (χ0v) is 15.8. The molecule has 0 N–H and O–H groups in total. The number of nitro groups is 1. The summed E-state index contributed by atoms with van der Waals surface area (Å²) in [5.41, 5.74) is 1.10. The Morgan fingerprint density at radius 2 is 1.89 bits per heavy atom. The first-order valence-electron chi connectivity index (χ1n) is 8.11. The largest absolute Gasteiger partial charge is 0.381 e. The number of halogens is 2. The first kappa shape index (κ1) is 18.4. The molecular formula is C18H11Cl2N3O5. The summed E-state index contributed by atoms with van der Waals surface area (Å²) < 4.78 is 0. The van der Waals surface area contributed by atoms with Gasteiger partial charge in [-0.15, -0.1) is 0 Å². The monoisotopic (exact) mass is 419 g/mol. The van der Waals surface area contributed by atoms with Crippen molar-refractivity contribution in [1.82, 2.24) is 0 Å². The van der Waals surface area contributed by atoms with Gasteiger partial charge in [-0.1, -0.05) is 40.5 Å². The van der Waals surface area contributed by atoms with Crippen molar-refractivity contribution in [1.29, 1.82) is 0 Å². The highest BCUT2D eigenvalue weighted by molar-refractivity contribution is 6.39. The van der Waals surface area contributed by atoms with Crippen molar-refractivity contribution in [3.8, 4) is 0 Å². The molecule has 1 saturated heterocycles. The molecule has 8 nitrogen and oxygen atoms in total. The zero-order chi connectivity index (χ0) is 20.2. The van der Waals surface area contributed by atoms with E-state index in [1.807, 2.05) is 0 Å². The number of non-ortho nitro benzene ring substituents is 1. The number of nitrogens with zero attached hydrogens (tertiary/aromatic N) is 3. The highest BCUT2D eigenvalue weighted by Gasteiger charge is 2.56. The van der Waals surface area contributed by atoms with Gasteiger partial charge in [-0.3, -0.25) is 19.7 Å². The third-order valence-electron chi connectivity index (χ3n) is 4.66. The van der Waals surface area contributed by atoms with Crippen molar-refractivity contribution in [2.45, 2.75) is 13.0 Å². The zero-order valence-electron chi connectivity index (χ0n) is 14.3. The summed E-state index contributed by atoms with van der Waals surface area (Å²) in [4.78, 5) is 42.6. The Hall–Kier alpha value is -2.97. The van der Waals surface area contributed by atoms with Crippen LogP contribution in [0.5, 0.6) is 0 Å². The number of carbonyl (C=O) groups is 2. The van der Waals surface area contributed by atoms with E-state index in [4.69, 9.17) is 28.0 Å².